The Hall–Kier alpha value is -4.13. The predicted octanol–water partition coefficient (Wildman–Crippen LogP) is 11.2. The number of carbonyl (C=O) groups is 2. The minimum Gasteiger partial charge on any atom is -0.465 e. The van der Waals surface area contributed by atoms with E-state index in [1.54, 1.807) is 6.20 Å². The topological polar surface area (TPSA) is 129 Å². The maximum atomic E-state index is 13.1. The van der Waals surface area contributed by atoms with E-state index in [2.05, 4.69) is 45.5 Å². The Bertz CT molecular complexity index is 2300. The molecule has 0 radical (unpaired) electrons. The van der Waals surface area contributed by atoms with Gasteiger partial charge in [0, 0.05) is 96.8 Å². The first-order valence-electron chi connectivity index (χ1n) is 27.7. The number of rotatable bonds is 20. The van der Waals surface area contributed by atoms with Gasteiger partial charge in [-0.25, -0.2) is 4.79 Å². The van der Waals surface area contributed by atoms with Crippen molar-refractivity contribution in [2.75, 3.05) is 46.0 Å². The van der Waals surface area contributed by atoms with E-state index in [4.69, 9.17) is 40.8 Å². The molecule has 0 amide bonds. The number of alkyl halides is 1. The largest absolute Gasteiger partial charge is 0.465 e. The Balaban J connectivity index is 0.000000161. The summed E-state index contributed by atoms with van der Waals surface area (Å²) in [7, 11) is 0. The van der Waals surface area contributed by atoms with E-state index in [-0.39, 0.29) is 17.9 Å². The molecule has 4 aromatic rings. The van der Waals surface area contributed by atoms with Gasteiger partial charge in [-0.3, -0.25) is 29.6 Å². The maximum Gasteiger partial charge on any atom is 0.328 e. The van der Waals surface area contributed by atoms with Crippen molar-refractivity contribution >= 4 is 23.4 Å². The molecule has 2 saturated carbocycles. The number of halogens is 1. The fourth-order valence-corrected chi connectivity index (χ4v) is 11.2. The van der Waals surface area contributed by atoms with Gasteiger partial charge in [-0.15, -0.1) is 11.6 Å². The van der Waals surface area contributed by atoms with E-state index in [9.17, 15) is 9.59 Å². The average molecular weight is 990 g/mol. The highest BCUT2D eigenvalue weighted by Crippen LogP contribution is 2.41. The number of fused-ring (bicyclic) bond motifs is 2. The minimum absolute atomic E-state index is 0.00904. The quantitative estimate of drug-likeness (QED) is 0.0516. The van der Waals surface area contributed by atoms with Crippen LogP contribution in [0.3, 0.4) is 0 Å². The number of esters is 1. The molecule has 0 spiro atoms. The van der Waals surface area contributed by atoms with Gasteiger partial charge < -0.3 is 19.5 Å². The zero-order chi connectivity index (χ0) is 49.2. The van der Waals surface area contributed by atoms with Crippen molar-refractivity contribution in [2.45, 2.75) is 191 Å². The molecule has 71 heavy (non-hydrogen) atoms. The van der Waals surface area contributed by atoms with Crippen LogP contribution in [-0.2, 0) is 62.3 Å². The summed E-state index contributed by atoms with van der Waals surface area (Å²) in [5, 5.41) is 2.80. The number of likely N-dealkylation sites (tertiary alicyclic amines) is 1. The molecule has 4 atom stereocenters. The van der Waals surface area contributed by atoms with Crippen LogP contribution in [0.25, 0.3) is 0 Å². The van der Waals surface area contributed by atoms with Gasteiger partial charge in [-0.05, 0) is 190 Å². The molecule has 4 fully saturated rings. The monoisotopic (exact) mass is 989 g/mol. The molecule has 1 N–H and O–H groups in total. The number of ketones is 1. The first-order valence-corrected chi connectivity index (χ1v) is 28.1. The highest BCUT2D eigenvalue weighted by atomic mass is 35.5. The first kappa shape index (κ1) is 53.2. The third-order valence-electron chi connectivity index (χ3n) is 15.6. The van der Waals surface area contributed by atoms with Crippen molar-refractivity contribution < 1.29 is 23.8 Å². The lowest BCUT2D eigenvalue weighted by atomic mass is 9.80. The summed E-state index contributed by atoms with van der Waals surface area (Å²) in [6.07, 6.45) is 30.1. The standard InChI is InChI=1S/C30H41N3O3.C17H26N2O.C12H14ClNO/c1-2-35-30(34)29(26-13-8-18-31-28(26)23-10-7-11-23)33-19-17-25(21-33)36-20-6-5-12-24-16-15-22-9-3-4-14-27(22)32-24;1-2-7-17-14(5-1)8-9-15(19-17)6-3-4-12-20-16-10-11-18-13-16;1-8(15)11(13)10-6-3-7-14-12(10)9-4-2-5-9/h8,13,15-16,18,23,25,29H,2-7,9-12,14,17,19-21H2,1H3;8-9,16,18H,1-7,10-13H2;3,6-7,9,11H,2,4-5H2,1H3/t25-,29?;16-;/m11./s1. The molecule has 384 valence electrons. The molecule has 0 bridgehead atoms. The number of hydrogen-bond acceptors (Lipinski definition) is 11. The van der Waals surface area contributed by atoms with Gasteiger partial charge in [-0.1, -0.05) is 37.1 Å². The van der Waals surface area contributed by atoms with Crippen LogP contribution in [0.5, 0.6) is 0 Å². The van der Waals surface area contributed by atoms with Gasteiger partial charge in [0.05, 0.1) is 18.8 Å². The molecule has 6 aliphatic rings. The second-order valence-corrected chi connectivity index (χ2v) is 21.2. The Morgan fingerprint density at radius 3 is 1.79 bits per heavy atom. The summed E-state index contributed by atoms with van der Waals surface area (Å²) in [6.45, 7) is 9.19. The summed E-state index contributed by atoms with van der Waals surface area (Å²) in [5.74, 6) is 0.814. The minimum atomic E-state index is -0.533. The van der Waals surface area contributed by atoms with Crippen molar-refractivity contribution in [3.05, 3.63) is 117 Å². The van der Waals surface area contributed by atoms with E-state index < -0.39 is 11.4 Å². The Morgan fingerprint density at radius 1 is 0.690 bits per heavy atom. The van der Waals surface area contributed by atoms with Crippen LogP contribution < -0.4 is 5.32 Å². The number of hydrogen-bond donors (Lipinski definition) is 1. The first-order chi connectivity index (χ1) is 34.8. The number of nitrogens with one attached hydrogen (secondary N) is 1. The number of nitrogens with zero attached hydrogens (tertiary/aromatic N) is 5. The maximum absolute atomic E-state index is 13.1. The van der Waals surface area contributed by atoms with E-state index in [0.29, 0.717) is 24.5 Å². The number of pyridine rings is 4. The summed E-state index contributed by atoms with van der Waals surface area (Å²) in [5.41, 5.74) is 12.2. The van der Waals surface area contributed by atoms with Gasteiger partial charge in [0.25, 0.3) is 0 Å². The van der Waals surface area contributed by atoms with Crippen molar-refractivity contribution in [1.82, 2.24) is 30.2 Å². The summed E-state index contributed by atoms with van der Waals surface area (Å²) >= 11 is 6.08. The van der Waals surface area contributed by atoms with Crippen LogP contribution in [0.4, 0.5) is 0 Å². The number of aryl methyl sites for hydroxylation is 6. The van der Waals surface area contributed by atoms with Gasteiger partial charge >= 0.3 is 5.97 Å². The third-order valence-corrected chi connectivity index (χ3v) is 16.1. The zero-order valence-corrected chi connectivity index (χ0v) is 43.7. The van der Waals surface area contributed by atoms with Gasteiger partial charge in [0.2, 0.25) is 0 Å². The van der Waals surface area contributed by atoms with Crippen molar-refractivity contribution in [2.24, 2.45) is 0 Å². The normalized spacial score (nSPS) is 20.7. The van der Waals surface area contributed by atoms with E-state index in [1.165, 1.54) is 124 Å². The van der Waals surface area contributed by atoms with Crippen molar-refractivity contribution in [3.63, 3.8) is 0 Å². The number of unbranched alkanes of at least 4 members (excludes halogenated alkanes) is 2. The summed E-state index contributed by atoms with van der Waals surface area (Å²) in [6, 6.07) is 16.4. The van der Waals surface area contributed by atoms with Crippen LogP contribution >= 0.6 is 11.6 Å². The number of ether oxygens (including phenoxy) is 3. The third kappa shape index (κ3) is 15.2. The number of aromatic nitrogens is 4. The molecule has 2 aliphatic heterocycles. The Labute approximate surface area is 429 Å². The Kier molecular flexibility index (Phi) is 20.8. The van der Waals surface area contributed by atoms with E-state index in [0.717, 1.165) is 120 Å². The fourth-order valence-electron chi connectivity index (χ4n) is 11.0. The molecule has 2 unspecified atom stereocenters. The highest BCUT2D eigenvalue weighted by Gasteiger charge is 2.38. The highest BCUT2D eigenvalue weighted by molar-refractivity contribution is 6.30. The molecule has 6 heterocycles. The molecular formula is C59H81ClN6O5. The molecule has 4 aromatic heterocycles. The van der Waals surface area contributed by atoms with Gasteiger partial charge in [0.15, 0.2) is 5.78 Å². The van der Waals surface area contributed by atoms with E-state index in [1.807, 2.05) is 31.3 Å². The lowest BCUT2D eigenvalue weighted by Crippen LogP contribution is -2.36. The Morgan fingerprint density at radius 2 is 1.25 bits per heavy atom. The van der Waals surface area contributed by atoms with E-state index >= 15 is 0 Å². The second kappa shape index (κ2) is 27.8. The van der Waals surface area contributed by atoms with Crippen LogP contribution in [0.2, 0.25) is 0 Å². The summed E-state index contributed by atoms with van der Waals surface area (Å²) < 4.78 is 17.6. The molecule has 10 rings (SSSR count). The molecule has 12 heteroatoms. The van der Waals surface area contributed by atoms with Crippen LogP contribution in [0.1, 0.15) is 196 Å². The number of carbonyl (C=O) groups excluding carboxylic acids is 2. The molecule has 2 saturated heterocycles. The van der Waals surface area contributed by atoms with Crippen LogP contribution in [0, 0.1) is 0 Å². The predicted molar refractivity (Wildman–Crippen MR) is 281 cm³/mol. The zero-order valence-electron chi connectivity index (χ0n) is 42.9. The second-order valence-electron chi connectivity index (χ2n) is 20.7. The average Bonchev–Trinajstić information content (AvgIpc) is 4.07. The molecule has 11 nitrogen and oxygen atoms in total. The molecule has 0 aromatic carbocycles. The van der Waals surface area contributed by atoms with Crippen LogP contribution in [-0.4, -0.2) is 94.8 Å². The fraction of sp³-hybridized carbons (Fsp3) is 0.627. The lowest BCUT2D eigenvalue weighted by Gasteiger charge is -2.32. The van der Waals surface area contributed by atoms with Gasteiger partial charge in [0.1, 0.15) is 11.4 Å². The SMILES string of the molecule is CC(=O)C(Cl)c1cccnc1C1CCC1.CCOC(=O)C(c1cccnc1C1CCC1)N1CC[C@@H](OCCCCc2ccc3c(n2)CCCC3)C1.c1cc2c(nc1CCCCO[C@@H]1CCNC1)CCCC2. The van der Waals surface area contributed by atoms with Crippen molar-refractivity contribution in [1.29, 1.82) is 0 Å². The number of Topliss-reactive ketones (excluding diaryl/α,β-unsaturated/α-hetero) is 1. The lowest BCUT2D eigenvalue weighted by molar-refractivity contribution is -0.149. The van der Waals surface area contributed by atoms with Crippen molar-refractivity contribution in [3.8, 4) is 0 Å². The molecule has 4 aliphatic carbocycles. The summed E-state index contributed by atoms with van der Waals surface area (Å²) in [4.78, 5) is 45.4. The smallest absolute Gasteiger partial charge is 0.328 e. The van der Waals surface area contributed by atoms with Crippen LogP contribution in [0.15, 0.2) is 60.9 Å². The van der Waals surface area contributed by atoms with Gasteiger partial charge in [-0.2, -0.15) is 0 Å². The molecular weight excluding hydrogens is 908 g/mol.